The first-order chi connectivity index (χ1) is 39.9. The van der Waals surface area contributed by atoms with Gasteiger partial charge in [0.15, 0.2) is 0 Å². The second-order valence-electron chi connectivity index (χ2n) is 25.0. The molecule has 3 unspecified atom stereocenters. The van der Waals surface area contributed by atoms with Gasteiger partial charge in [0.1, 0.15) is 19.3 Å². The zero-order chi connectivity index (χ0) is 60.0. The summed E-state index contributed by atoms with van der Waals surface area (Å²) < 4.78 is 30.8. The van der Waals surface area contributed by atoms with E-state index < -0.39 is 20.0 Å². The van der Waals surface area contributed by atoms with Gasteiger partial charge in [0, 0.05) is 12.8 Å². The highest BCUT2D eigenvalue weighted by molar-refractivity contribution is 7.47. The third-order valence-corrected chi connectivity index (χ3v) is 16.7. The molecule has 82 heavy (non-hydrogen) atoms. The van der Waals surface area contributed by atoms with Crippen molar-refractivity contribution in [1.82, 2.24) is 5.32 Å². The van der Waals surface area contributed by atoms with Crippen molar-refractivity contribution < 1.29 is 37.3 Å². The molecule has 1 amide bonds. The zero-order valence-corrected chi connectivity index (χ0v) is 55.9. The van der Waals surface area contributed by atoms with E-state index in [2.05, 4.69) is 74.7 Å². The molecule has 0 aliphatic heterocycles. The van der Waals surface area contributed by atoms with Crippen LogP contribution in [0.3, 0.4) is 0 Å². The number of quaternary nitrogens is 1. The van der Waals surface area contributed by atoms with E-state index >= 15 is 0 Å². The molecule has 0 bridgehead atoms. The molecule has 480 valence electrons. The lowest BCUT2D eigenvalue weighted by molar-refractivity contribution is -0.870. The van der Waals surface area contributed by atoms with E-state index in [1.165, 1.54) is 231 Å². The van der Waals surface area contributed by atoms with Gasteiger partial charge in [-0.2, -0.15) is 0 Å². The van der Waals surface area contributed by atoms with Gasteiger partial charge in [-0.25, -0.2) is 4.57 Å². The second-order valence-corrected chi connectivity index (χ2v) is 26.5. The van der Waals surface area contributed by atoms with E-state index in [9.17, 15) is 19.0 Å². The molecule has 0 saturated carbocycles. The molecular weight excluding hydrogens is 1040 g/mol. The molecule has 0 aliphatic carbocycles. The van der Waals surface area contributed by atoms with Crippen LogP contribution in [0.25, 0.3) is 0 Å². The van der Waals surface area contributed by atoms with Crippen molar-refractivity contribution in [2.75, 3.05) is 40.9 Å². The number of phosphoric ester groups is 1. The first kappa shape index (κ1) is 79.7. The summed E-state index contributed by atoms with van der Waals surface area (Å²) in [5.74, 6) is -0.498. The lowest BCUT2D eigenvalue weighted by Gasteiger charge is -2.27. The van der Waals surface area contributed by atoms with Crippen molar-refractivity contribution in [1.29, 1.82) is 0 Å². The van der Waals surface area contributed by atoms with E-state index in [4.69, 9.17) is 13.8 Å². The summed E-state index contributed by atoms with van der Waals surface area (Å²) in [6, 6.07) is -0.851. The highest BCUT2D eigenvalue weighted by atomic mass is 31.2. The number of likely N-dealkylation sites (N-methyl/N-ethyl adjacent to an activating group) is 1. The van der Waals surface area contributed by atoms with Gasteiger partial charge in [-0.1, -0.05) is 287 Å². The predicted octanol–water partition coefficient (Wildman–Crippen LogP) is 22.2. The summed E-state index contributed by atoms with van der Waals surface area (Å²) in [5, 5.41) is 3.07. The summed E-state index contributed by atoms with van der Waals surface area (Å²) in [6.45, 7) is 7.00. The van der Waals surface area contributed by atoms with Crippen LogP contribution < -0.4 is 5.32 Å². The number of nitrogens with one attached hydrogen (secondary N) is 1. The van der Waals surface area contributed by atoms with Crippen molar-refractivity contribution in [3.05, 3.63) is 60.8 Å². The number of allylic oxidation sites excluding steroid dienone is 9. The van der Waals surface area contributed by atoms with Gasteiger partial charge < -0.3 is 19.4 Å². The molecule has 0 heterocycles. The summed E-state index contributed by atoms with van der Waals surface area (Å²) in [6.07, 6.45) is 79.4. The molecule has 0 spiro atoms. The summed E-state index contributed by atoms with van der Waals surface area (Å²) in [7, 11) is 1.50. The lowest BCUT2D eigenvalue weighted by Crippen LogP contribution is -2.47. The van der Waals surface area contributed by atoms with Crippen molar-refractivity contribution in [3.8, 4) is 0 Å². The van der Waals surface area contributed by atoms with Crippen molar-refractivity contribution in [2.45, 2.75) is 348 Å². The Labute approximate surface area is 509 Å². The maximum Gasteiger partial charge on any atom is 0.472 e. The number of carbonyl (C=O) groups is 2. The maximum atomic E-state index is 13.6. The van der Waals surface area contributed by atoms with Crippen LogP contribution in [0.1, 0.15) is 335 Å². The number of rotatable bonds is 64. The SMILES string of the molecule is CCCCC/C=C\C/C=C\CCCCCCCCCCCCCCCCCC(=O)NC(COP(=O)(O)OCC[N+](C)(C)C)C(/C=C\CCCCCCCCCCCC)OC(=O)CCCCCCCCCCC/C=C\C/C=C\CCCCC. The molecule has 2 N–H and O–H groups in total. The minimum atomic E-state index is -4.45. The number of phosphoric acid groups is 1. The molecule has 0 aliphatic rings. The Morgan fingerprint density at radius 1 is 0.427 bits per heavy atom. The maximum absolute atomic E-state index is 13.6. The minimum Gasteiger partial charge on any atom is -0.456 e. The Morgan fingerprint density at radius 3 is 1.12 bits per heavy atom. The van der Waals surface area contributed by atoms with Gasteiger partial charge >= 0.3 is 13.8 Å². The van der Waals surface area contributed by atoms with Crippen molar-refractivity contribution in [2.24, 2.45) is 0 Å². The number of unbranched alkanes of at least 4 members (excludes halogenated alkanes) is 40. The van der Waals surface area contributed by atoms with Gasteiger partial charge in [-0.05, 0) is 96.0 Å². The average Bonchev–Trinajstić information content (AvgIpc) is 3.44. The van der Waals surface area contributed by atoms with Gasteiger partial charge in [0.25, 0.3) is 0 Å². The first-order valence-corrected chi connectivity index (χ1v) is 36.6. The number of hydrogen-bond acceptors (Lipinski definition) is 6. The Morgan fingerprint density at radius 2 is 0.744 bits per heavy atom. The molecule has 0 radical (unpaired) electrons. The molecule has 0 rings (SSSR count). The van der Waals surface area contributed by atoms with Crippen LogP contribution in [0.5, 0.6) is 0 Å². The Balaban J connectivity index is 5.06. The third-order valence-electron chi connectivity index (χ3n) is 15.7. The molecule has 0 saturated heterocycles. The van der Waals surface area contributed by atoms with Gasteiger partial charge in [-0.3, -0.25) is 18.6 Å². The first-order valence-electron chi connectivity index (χ1n) is 35.1. The van der Waals surface area contributed by atoms with Crippen LogP contribution in [0.4, 0.5) is 0 Å². The summed E-state index contributed by atoms with van der Waals surface area (Å²) in [5.41, 5.74) is 0. The molecule has 0 aromatic rings. The molecular formula is C72H136N2O7P+. The average molecular weight is 1170 g/mol. The van der Waals surface area contributed by atoms with E-state index in [1.807, 2.05) is 33.3 Å². The monoisotopic (exact) mass is 1170 g/mol. The Hall–Kier alpha value is -2.29. The largest absolute Gasteiger partial charge is 0.472 e. The molecule has 0 fully saturated rings. The highest BCUT2D eigenvalue weighted by Crippen LogP contribution is 2.43. The topological polar surface area (TPSA) is 111 Å². The number of amides is 1. The lowest BCUT2D eigenvalue weighted by atomic mass is 10.0. The number of esters is 1. The van der Waals surface area contributed by atoms with Crippen LogP contribution in [-0.4, -0.2) is 74.3 Å². The third kappa shape index (κ3) is 62.2. The predicted molar refractivity (Wildman–Crippen MR) is 355 cm³/mol. The van der Waals surface area contributed by atoms with E-state index in [0.717, 1.165) is 70.6 Å². The van der Waals surface area contributed by atoms with Crippen LogP contribution in [0.15, 0.2) is 60.8 Å². The molecule has 10 heteroatoms. The molecule has 9 nitrogen and oxygen atoms in total. The standard InChI is InChI=1S/C72H135N2O7P/c1-7-10-13-16-19-22-25-28-30-32-34-35-36-37-38-39-41-42-44-46-49-52-55-58-61-64-71(75)73-69(68-80-82(77,78)79-67-66-74(4,5)6)70(63-60-57-54-51-48-27-24-21-18-15-12-9-3)81-72(76)65-62-59-56-53-50-47-45-43-40-33-31-29-26-23-20-17-14-11-8-2/h19-20,22-23,28-31,60,63,69-70H,7-18,21,24-27,32-59,61-62,64-68H2,1-6H3,(H-,73,75,77,78)/p+1/b22-19-,23-20-,30-28-,31-29-,63-60-. The fourth-order valence-corrected chi connectivity index (χ4v) is 11.0. The van der Waals surface area contributed by atoms with Crippen LogP contribution in [-0.2, 0) is 27.9 Å². The van der Waals surface area contributed by atoms with Crippen molar-refractivity contribution >= 4 is 19.7 Å². The van der Waals surface area contributed by atoms with Crippen molar-refractivity contribution in [3.63, 3.8) is 0 Å². The van der Waals surface area contributed by atoms with Gasteiger partial charge in [0.2, 0.25) is 5.91 Å². The van der Waals surface area contributed by atoms with E-state index in [1.54, 1.807) is 0 Å². The fourth-order valence-electron chi connectivity index (χ4n) is 10.2. The summed E-state index contributed by atoms with van der Waals surface area (Å²) in [4.78, 5) is 37.9. The van der Waals surface area contributed by atoms with Crippen LogP contribution >= 0.6 is 7.82 Å². The number of carbonyl (C=O) groups excluding carboxylic acids is 2. The highest BCUT2D eigenvalue weighted by Gasteiger charge is 2.30. The number of nitrogens with zero attached hydrogens (tertiary/aromatic N) is 1. The number of hydrogen-bond donors (Lipinski definition) is 2. The smallest absolute Gasteiger partial charge is 0.456 e. The van der Waals surface area contributed by atoms with Gasteiger partial charge in [-0.15, -0.1) is 0 Å². The quantitative estimate of drug-likeness (QED) is 0.0205. The fraction of sp³-hybridized carbons (Fsp3) is 0.833. The summed E-state index contributed by atoms with van der Waals surface area (Å²) >= 11 is 0. The molecule has 3 atom stereocenters. The van der Waals surface area contributed by atoms with Crippen LogP contribution in [0, 0.1) is 0 Å². The minimum absolute atomic E-state index is 0.0397. The van der Waals surface area contributed by atoms with E-state index in [0.29, 0.717) is 17.4 Å². The van der Waals surface area contributed by atoms with Gasteiger partial charge in [0.05, 0.1) is 33.8 Å². The molecule has 0 aromatic heterocycles. The Kier molecular flexibility index (Phi) is 60.1. The normalized spacial score (nSPS) is 13.9. The van der Waals surface area contributed by atoms with Crippen LogP contribution in [0.2, 0.25) is 0 Å². The Bertz CT molecular complexity index is 1590. The molecule has 0 aromatic carbocycles. The second kappa shape index (κ2) is 61.8. The zero-order valence-electron chi connectivity index (χ0n) is 55.0. The number of ether oxygens (including phenoxy) is 1. The van der Waals surface area contributed by atoms with E-state index in [-0.39, 0.29) is 31.5 Å².